The Labute approximate surface area is 136 Å². The van der Waals surface area contributed by atoms with Crippen molar-refractivity contribution in [1.82, 2.24) is 9.88 Å². The van der Waals surface area contributed by atoms with Crippen LogP contribution in [0.15, 0.2) is 42.5 Å². The third kappa shape index (κ3) is 2.94. The molecule has 23 heavy (non-hydrogen) atoms. The number of thiazole rings is 1. The van der Waals surface area contributed by atoms with Crippen molar-refractivity contribution in [2.75, 3.05) is 7.05 Å². The van der Waals surface area contributed by atoms with E-state index >= 15 is 0 Å². The molecule has 0 aliphatic rings. The lowest BCUT2D eigenvalue weighted by Gasteiger charge is -2.23. The minimum Gasteiger partial charge on any atom is -0.332 e. The number of benzene rings is 2. The molecule has 3 rings (SSSR count). The van der Waals surface area contributed by atoms with Gasteiger partial charge in [-0.3, -0.25) is 4.79 Å². The van der Waals surface area contributed by atoms with E-state index in [2.05, 4.69) is 4.98 Å². The number of hydrogen-bond donors (Lipinski definition) is 0. The molecule has 0 saturated heterocycles. The van der Waals surface area contributed by atoms with E-state index in [0.717, 1.165) is 27.4 Å². The Hall–Kier alpha value is -2.34. The number of aromatic nitrogens is 1. The van der Waals surface area contributed by atoms with Gasteiger partial charge in [0, 0.05) is 13.1 Å². The molecule has 1 heterocycles. The topological polar surface area (TPSA) is 33.2 Å². The van der Waals surface area contributed by atoms with Gasteiger partial charge in [0.1, 0.15) is 16.6 Å². The lowest BCUT2D eigenvalue weighted by atomic mass is 10.1. The van der Waals surface area contributed by atoms with Gasteiger partial charge in [0.15, 0.2) is 0 Å². The maximum atomic E-state index is 13.8. The molecule has 0 bridgehead atoms. The summed E-state index contributed by atoms with van der Waals surface area (Å²) in [5, 5.41) is 0.768. The highest BCUT2D eigenvalue weighted by Crippen LogP contribution is 2.29. The summed E-state index contributed by atoms with van der Waals surface area (Å²) in [5.74, 6) is -2.08. The van der Waals surface area contributed by atoms with Crippen molar-refractivity contribution in [2.45, 2.75) is 13.0 Å². The number of nitrogens with zero attached hydrogens (tertiary/aromatic N) is 2. The fourth-order valence-corrected chi connectivity index (χ4v) is 3.33. The van der Waals surface area contributed by atoms with E-state index in [0.29, 0.717) is 6.07 Å². The van der Waals surface area contributed by atoms with Crippen LogP contribution in [0.4, 0.5) is 8.78 Å². The molecule has 0 saturated carbocycles. The van der Waals surface area contributed by atoms with Crippen LogP contribution >= 0.6 is 11.3 Å². The van der Waals surface area contributed by atoms with Crippen LogP contribution in [0.3, 0.4) is 0 Å². The summed E-state index contributed by atoms with van der Waals surface area (Å²) in [6.45, 7) is 1.83. The average molecular weight is 332 g/mol. The molecule has 0 aliphatic carbocycles. The van der Waals surface area contributed by atoms with E-state index in [4.69, 9.17) is 0 Å². The van der Waals surface area contributed by atoms with Gasteiger partial charge in [-0.2, -0.15) is 0 Å². The summed E-state index contributed by atoms with van der Waals surface area (Å²) in [6.07, 6.45) is 0. The van der Waals surface area contributed by atoms with E-state index in [-0.39, 0.29) is 11.6 Å². The molecular weight excluding hydrogens is 318 g/mol. The summed E-state index contributed by atoms with van der Waals surface area (Å²) in [4.78, 5) is 18.4. The summed E-state index contributed by atoms with van der Waals surface area (Å²) in [6, 6.07) is 10.3. The minimum atomic E-state index is -0.863. The van der Waals surface area contributed by atoms with E-state index in [9.17, 15) is 13.6 Å². The quantitative estimate of drug-likeness (QED) is 0.712. The number of halogens is 2. The number of hydrogen-bond acceptors (Lipinski definition) is 3. The summed E-state index contributed by atoms with van der Waals surface area (Å²) in [7, 11) is 1.59. The molecular formula is C17H14F2N2OS. The second kappa shape index (κ2) is 6.04. The van der Waals surface area contributed by atoms with Crippen molar-refractivity contribution in [3.05, 3.63) is 64.7 Å². The summed E-state index contributed by atoms with van der Waals surface area (Å²) >= 11 is 1.49. The van der Waals surface area contributed by atoms with E-state index < -0.39 is 17.5 Å². The van der Waals surface area contributed by atoms with Crippen LogP contribution in [0.25, 0.3) is 10.2 Å². The van der Waals surface area contributed by atoms with Crippen LogP contribution in [0.1, 0.15) is 28.3 Å². The zero-order valence-corrected chi connectivity index (χ0v) is 13.4. The zero-order valence-electron chi connectivity index (χ0n) is 12.6. The van der Waals surface area contributed by atoms with Gasteiger partial charge in [-0.1, -0.05) is 12.1 Å². The molecule has 0 fully saturated rings. The normalized spacial score (nSPS) is 12.3. The fourth-order valence-electron chi connectivity index (χ4n) is 2.26. The number of rotatable bonds is 3. The molecule has 118 valence electrons. The molecule has 0 radical (unpaired) electrons. The SMILES string of the molecule is C[C@@H](c1nc2ccccc2s1)N(C)C(=O)c1ccc(F)cc1F. The van der Waals surface area contributed by atoms with Gasteiger partial charge in [-0.25, -0.2) is 13.8 Å². The van der Waals surface area contributed by atoms with E-state index in [1.165, 1.54) is 16.2 Å². The number of fused-ring (bicyclic) bond motifs is 1. The molecule has 3 aromatic rings. The van der Waals surface area contributed by atoms with Crippen molar-refractivity contribution in [2.24, 2.45) is 0 Å². The summed E-state index contributed by atoms with van der Waals surface area (Å²) < 4.78 is 27.8. The second-order valence-corrected chi connectivity index (χ2v) is 6.30. The fraction of sp³-hybridized carbons (Fsp3) is 0.176. The summed E-state index contributed by atoms with van der Waals surface area (Å²) in [5.41, 5.74) is 0.718. The van der Waals surface area contributed by atoms with Crippen molar-refractivity contribution in [3.8, 4) is 0 Å². The molecule has 6 heteroatoms. The predicted molar refractivity (Wildman–Crippen MR) is 86.5 cm³/mol. The van der Waals surface area contributed by atoms with Crippen LogP contribution in [0.5, 0.6) is 0 Å². The maximum absolute atomic E-state index is 13.8. The van der Waals surface area contributed by atoms with Gasteiger partial charge < -0.3 is 4.90 Å². The Balaban J connectivity index is 1.89. The molecule has 1 amide bonds. The zero-order chi connectivity index (χ0) is 16.6. The Morgan fingerprint density at radius 1 is 1.22 bits per heavy atom. The van der Waals surface area contributed by atoms with Crippen molar-refractivity contribution < 1.29 is 13.6 Å². The van der Waals surface area contributed by atoms with Crippen LogP contribution < -0.4 is 0 Å². The average Bonchev–Trinajstić information content (AvgIpc) is 2.97. The van der Waals surface area contributed by atoms with Crippen molar-refractivity contribution in [3.63, 3.8) is 0 Å². The lowest BCUT2D eigenvalue weighted by molar-refractivity contribution is 0.0737. The first kappa shape index (κ1) is 15.6. The number of amides is 1. The second-order valence-electron chi connectivity index (χ2n) is 5.24. The molecule has 1 aromatic heterocycles. The van der Waals surface area contributed by atoms with Gasteiger partial charge in [0.05, 0.1) is 21.8 Å². The molecule has 0 N–H and O–H groups in total. The highest BCUT2D eigenvalue weighted by Gasteiger charge is 2.24. The van der Waals surface area contributed by atoms with Crippen LogP contribution in [0.2, 0.25) is 0 Å². The molecule has 0 unspecified atom stereocenters. The molecule has 0 spiro atoms. The molecule has 1 atom stereocenters. The van der Waals surface area contributed by atoms with Crippen LogP contribution in [-0.2, 0) is 0 Å². The van der Waals surface area contributed by atoms with E-state index in [1.807, 2.05) is 31.2 Å². The maximum Gasteiger partial charge on any atom is 0.257 e. The first-order valence-electron chi connectivity index (χ1n) is 7.05. The van der Waals surface area contributed by atoms with Crippen molar-refractivity contribution >= 4 is 27.5 Å². The predicted octanol–water partition coefficient (Wildman–Crippen LogP) is 4.41. The first-order valence-corrected chi connectivity index (χ1v) is 7.86. The molecule has 3 nitrogen and oxygen atoms in total. The van der Waals surface area contributed by atoms with Gasteiger partial charge in [0.25, 0.3) is 5.91 Å². The number of para-hydroxylation sites is 1. The third-order valence-corrected chi connectivity index (χ3v) is 4.94. The van der Waals surface area contributed by atoms with Crippen LogP contribution in [0, 0.1) is 11.6 Å². The van der Waals surface area contributed by atoms with Gasteiger partial charge in [-0.05, 0) is 31.2 Å². The smallest absolute Gasteiger partial charge is 0.257 e. The van der Waals surface area contributed by atoms with Gasteiger partial charge >= 0.3 is 0 Å². The van der Waals surface area contributed by atoms with Crippen molar-refractivity contribution in [1.29, 1.82) is 0 Å². The Bertz CT molecular complexity index is 845. The lowest BCUT2D eigenvalue weighted by Crippen LogP contribution is -2.30. The monoisotopic (exact) mass is 332 g/mol. The minimum absolute atomic E-state index is 0.151. The number of carbonyl (C=O) groups is 1. The largest absolute Gasteiger partial charge is 0.332 e. The van der Waals surface area contributed by atoms with Gasteiger partial charge in [0.2, 0.25) is 0 Å². The Morgan fingerprint density at radius 3 is 2.65 bits per heavy atom. The third-order valence-electron chi connectivity index (χ3n) is 3.73. The van der Waals surface area contributed by atoms with E-state index in [1.54, 1.807) is 7.05 Å². The molecule has 2 aromatic carbocycles. The first-order chi connectivity index (χ1) is 11.0. The highest BCUT2D eigenvalue weighted by molar-refractivity contribution is 7.18. The standard InChI is InChI=1S/C17H14F2N2OS/c1-10(16-20-14-5-3-4-6-15(14)23-16)21(2)17(22)12-8-7-11(18)9-13(12)19/h3-10H,1-2H3/t10-/m0/s1. The molecule has 0 aliphatic heterocycles. The van der Waals surface area contributed by atoms with Gasteiger partial charge in [-0.15, -0.1) is 11.3 Å². The Morgan fingerprint density at radius 2 is 1.96 bits per heavy atom. The number of carbonyl (C=O) groups excluding carboxylic acids is 1. The highest BCUT2D eigenvalue weighted by atomic mass is 32.1. The van der Waals surface area contributed by atoms with Crippen LogP contribution in [-0.4, -0.2) is 22.8 Å². The Kier molecular flexibility index (Phi) is 4.09.